The molecule has 1 saturated carbocycles. The van der Waals surface area contributed by atoms with Crippen LogP contribution in [0.1, 0.15) is 38.7 Å². The number of primary amides is 1. The van der Waals surface area contributed by atoms with Crippen molar-refractivity contribution < 1.29 is 9.18 Å². The predicted molar refractivity (Wildman–Crippen MR) is 99.1 cm³/mol. The van der Waals surface area contributed by atoms with Gasteiger partial charge in [0.05, 0.1) is 0 Å². The van der Waals surface area contributed by atoms with E-state index in [1.54, 1.807) is 0 Å². The molecule has 4 heteroatoms. The topological polar surface area (TPSA) is 55.1 Å². The van der Waals surface area contributed by atoms with Gasteiger partial charge in [-0.2, -0.15) is 0 Å². The normalized spacial score (nSPS) is 11.7. The Bertz CT molecular complexity index is 451. The molecule has 0 heterocycles. The lowest BCUT2D eigenvalue weighted by atomic mass is 9.85. The van der Waals surface area contributed by atoms with Gasteiger partial charge < -0.3 is 11.1 Å². The largest absolute Gasteiger partial charge is 0.388 e. The van der Waals surface area contributed by atoms with E-state index in [4.69, 9.17) is 5.73 Å². The summed E-state index contributed by atoms with van der Waals surface area (Å²) >= 11 is 0. The third-order valence-corrected chi connectivity index (χ3v) is 3.07. The average Bonchev–Trinajstić information content (AvgIpc) is 2.49. The van der Waals surface area contributed by atoms with E-state index in [1.165, 1.54) is 17.7 Å². The van der Waals surface area contributed by atoms with Crippen LogP contribution in [0.15, 0.2) is 49.3 Å². The molecule has 0 spiro atoms. The highest BCUT2D eigenvalue weighted by atomic mass is 19.1. The molecule has 130 valence electrons. The average molecular weight is 322 g/mol. The highest BCUT2D eigenvalue weighted by molar-refractivity contribution is 5.77. The van der Waals surface area contributed by atoms with Gasteiger partial charge in [0.25, 0.3) is 0 Å². The lowest BCUT2D eigenvalue weighted by Crippen LogP contribution is -2.28. The van der Waals surface area contributed by atoms with E-state index in [9.17, 15) is 9.18 Å². The standard InChI is InChI=1S/C8H11N.C5H9NO.C4H5F.C2H6/c1-7-3-5-8(9-2)6-4-7;6-5(7)4-2-1-3-4;1-3-4(2)5;1-2/h3-6,9H,1-2H3;4H,1-3H2,(H2,6,7);3H,1-2H2;1-2H3. The Hall–Kier alpha value is -2.10. The number of carbonyl (C=O) groups excluding carboxylic acids is 1. The van der Waals surface area contributed by atoms with Gasteiger partial charge in [-0.3, -0.25) is 4.79 Å². The second kappa shape index (κ2) is 14.8. The van der Waals surface area contributed by atoms with E-state index in [0.717, 1.165) is 18.9 Å². The number of hydrogen-bond donors (Lipinski definition) is 2. The Morgan fingerprint density at radius 3 is 1.91 bits per heavy atom. The Kier molecular flexibility index (Phi) is 14.9. The minimum Gasteiger partial charge on any atom is -0.388 e. The zero-order valence-corrected chi connectivity index (χ0v) is 14.9. The van der Waals surface area contributed by atoms with Crippen molar-refractivity contribution in [3.8, 4) is 0 Å². The Morgan fingerprint density at radius 1 is 1.30 bits per heavy atom. The fourth-order valence-electron chi connectivity index (χ4n) is 1.41. The van der Waals surface area contributed by atoms with Crippen molar-refractivity contribution in [2.45, 2.75) is 40.0 Å². The molecule has 1 aliphatic carbocycles. The number of nitrogens with one attached hydrogen (secondary N) is 1. The second-order valence-electron chi connectivity index (χ2n) is 4.80. The highest BCUT2D eigenvalue weighted by Gasteiger charge is 2.21. The van der Waals surface area contributed by atoms with E-state index in [2.05, 4.69) is 49.7 Å². The lowest BCUT2D eigenvalue weighted by molar-refractivity contribution is -0.124. The van der Waals surface area contributed by atoms with Gasteiger partial charge in [-0.15, -0.1) is 0 Å². The summed E-state index contributed by atoms with van der Waals surface area (Å²) in [5.74, 6) is -0.378. The predicted octanol–water partition coefficient (Wildman–Crippen LogP) is 4.99. The van der Waals surface area contributed by atoms with E-state index < -0.39 is 5.83 Å². The number of hydrogen-bond acceptors (Lipinski definition) is 2. The Morgan fingerprint density at radius 2 is 1.74 bits per heavy atom. The highest BCUT2D eigenvalue weighted by Crippen LogP contribution is 2.25. The van der Waals surface area contributed by atoms with Crippen LogP contribution < -0.4 is 11.1 Å². The molecule has 3 nitrogen and oxygen atoms in total. The zero-order chi connectivity index (χ0) is 18.3. The molecule has 0 bridgehead atoms. The van der Waals surface area contributed by atoms with Crippen LogP contribution in [-0.2, 0) is 4.79 Å². The van der Waals surface area contributed by atoms with Crippen molar-refractivity contribution in [1.29, 1.82) is 0 Å². The lowest BCUT2D eigenvalue weighted by Gasteiger charge is -2.20. The van der Waals surface area contributed by atoms with Crippen LogP contribution in [0.5, 0.6) is 0 Å². The molecule has 0 unspecified atom stereocenters. The maximum atomic E-state index is 11.1. The Labute approximate surface area is 140 Å². The van der Waals surface area contributed by atoms with E-state index >= 15 is 0 Å². The summed E-state index contributed by atoms with van der Waals surface area (Å²) in [5, 5.41) is 3.05. The van der Waals surface area contributed by atoms with Gasteiger partial charge in [0.1, 0.15) is 5.83 Å². The van der Waals surface area contributed by atoms with E-state index in [-0.39, 0.29) is 11.8 Å². The van der Waals surface area contributed by atoms with Crippen molar-refractivity contribution in [1.82, 2.24) is 0 Å². The maximum absolute atomic E-state index is 11.1. The van der Waals surface area contributed by atoms with Crippen LogP contribution >= 0.6 is 0 Å². The van der Waals surface area contributed by atoms with Crippen LogP contribution in [0.25, 0.3) is 0 Å². The number of aryl methyl sites for hydroxylation is 1. The maximum Gasteiger partial charge on any atom is 0.220 e. The van der Waals surface area contributed by atoms with Gasteiger partial charge in [-0.1, -0.05) is 51.1 Å². The van der Waals surface area contributed by atoms with Gasteiger partial charge in [-0.25, -0.2) is 4.39 Å². The number of allylic oxidation sites excluding steroid dienone is 2. The van der Waals surface area contributed by atoms with Gasteiger partial charge in [0.15, 0.2) is 0 Å². The number of rotatable bonds is 3. The quantitative estimate of drug-likeness (QED) is 0.770. The summed E-state index contributed by atoms with van der Waals surface area (Å²) in [6.45, 7) is 12.1. The van der Waals surface area contributed by atoms with Crippen LogP contribution in [-0.4, -0.2) is 13.0 Å². The number of nitrogens with two attached hydrogens (primary N) is 1. The van der Waals surface area contributed by atoms with Crippen molar-refractivity contribution in [3.05, 3.63) is 54.9 Å². The molecule has 0 atom stereocenters. The molecule has 1 aliphatic rings. The third-order valence-electron chi connectivity index (χ3n) is 3.07. The molecule has 0 aromatic heterocycles. The fraction of sp³-hybridized carbons (Fsp3) is 0.421. The number of carbonyl (C=O) groups is 1. The summed E-state index contributed by atoms with van der Waals surface area (Å²) in [4.78, 5) is 10.2. The first-order valence-electron chi connectivity index (χ1n) is 7.91. The molecule has 23 heavy (non-hydrogen) atoms. The van der Waals surface area contributed by atoms with Crippen LogP contribution in [0, 0.1) is 12.8 Å². The third kappa shape index (κ3) is 13.3. The van der Waals surface area contributed by atoms with E-state index in [0.29, 0.717) is 0 Å². The van der Waals surface area contributed by atoms with Crippen molar-refractivity contribution >= 4 is 11.6 Å². The van der Waals surface area contributed by atoms with Crippen molar-refractivity contribution in [2.75, 3.05) is 12.4 Å². The molecule has 1 fully saturated rings. The van der Waals surface area contributed by atoms with Crippen molar-refractivity contribution in [3.63, 3.8) is 0 Å². The number of amides is 1. The first-order chi connectivity index (χ1) is 10.9. The smallest absolute Gasteiger partial charge is 0.220 e. The van der Waals surface area contributed by atoms with Gasteiger partial charge in [0.2, 0.25) is 5.91 Å². The number of anilines is 1. The van der Waals surface area contributed by atoms with Gasteiger partial charge in [-0.05, 0) is 38.0 Å². The molecule has 2 rings (SSSR count). The summed E-state index contributed by atoms with van der Waals surface area (Å²) in [7, 11) is 1.92. The molecule has 1 amide bonds. The Balaban J connectivity index is 0. The fourth-order valence-corrected chi connectivity index (χ4v) is 1.41. The number of benzene rings is 1. The molecule has 1 aromatic carbocycles. The SMILES string of the molecule is C=CC(=C)F.CC.CNc1ccc(C)cc1.NC(=O)C1CCC1. The molecule has 0 radical (unpaired) electrons. The van der Waals surface area contributed by atoms with Crippen LogP contribution in [0.2, 0.25) is 0 Å². The second-order valence-corrected chi connectivity index (χ2v) is 4.80. The molecular weight excluding hydrogens is 291 g/mol. The van der Waals surface area contributed by atoms with Crippen molar-refractivity contribution in [2.24, 2.45) is 11.7 Å². The first kappa shape index (κ1) is 23.2. The summed E-state index contributed by atoms with van der Waals surface area (Å²) in [6.07, 6.45) is 4.29. The monoisotopic (exact) mass is 322 g/mol. The zero-order valence-electron chi connectivity index (χ0n) is 14.9. The summed E-state index contributed by atoms with van der Waals surface area (Å²) in [6, 6.07) is 8.31. The van der Waals surface area contributed by atoms with Crippen LogP contribution in [0.4, 0.5) is 10.1 Å². The minimum absolute atomic E-state index is 0.119. The van der Waals surface area contributed by atoms with Gasteiger partial charge in [0, 0.05) is 18.7 Å². The first-order valence-corrected chi connectivity index (χ1v) is 7.91. The van der Waals surface area contributed by atoms with Crippen LogP contribution in [0.3, 0.4) is 0 Å². The molecule has 3 N–H and O–H groups in total. The summed E-state index contributed by atoms with van der Waals surface area (Å²) in [5.41, 5.74) is 7.43. The van der Waals surface area contributed by atoms with Gasteiger partial charge >= 0.3 is 0 Å². The summed E-state index contributed by atoms with van der Waals surface area (Å²) < 4.78 is 11.1. The molecule has 0 saturated heterocycles. The minimum atomic E-state index is -0.481. The molecule has 0 aliphatic heterocycles. The van der Waals surface area contributed by atoms with E-state index in [1.807, 2.05) is 20.9 Å². The molecule has 1 aromatic rings. The molecular formula is C19H31FN2O. The number of halogens is 1.